The lowest BCUT2D eigenvalue weighted by atomic mass is 10.2. The molecule has 0 saturated carbocycles. The summed E-state index contributed by atoms with van der Waals surface area (Å²) >= 11 is 2.91. The summed E-state index contributed by atoms with van der Waals surface area (Å²) in [6.07, 6.45) is 2.98. The minimum absolute atomic E-state index is 0.131. The number of amides is 1. The zero-order valence-electron chi connectivity index (χ0n) is 11.2. The molecular formula is C13H19NO3S2. The Morgan fingerprint density at radius 1 is 1.42 bits per heavy atom. The summed E-state index contributed by atoms with van der Waals surface area (Å²) < 4.78 is 0. The van der Waals surface area contributed by atoms with E-state index >= 15 is 0 Å². The lowest BCUT2D eigenvalue weighted by Crippen LogP contribution is -2.15. The van der Waals surface area contributed by atoms with Crippen LogP contribution < -0.4 is 5.32 Å². The fourth-order valence-corrected chi connectivity index (χ4v) is 3.34. The monoisotopic (exact) mass is 301 g/mol. The van der Waals surface area contributed by atoms with Crippen LogP contribution >= 0.6 is 23.1 Å². The van der Waals surface area contributed by atoms with Gasteiger partial charge in [-0.05, 0) is 24.7 Å². The van der Waals surface area contributed by atoms with E-state index in [0.29, 0.717) is 10.8 Å². The van der Waals surface area contributed by atoms with Gasteiger partial charge in [0.15, 0.2) is 0 Å². The van der Waals surface area contributed by atoms with Gasteiger partial charge in [-0.3, -0.25) is 4.79 Å². The molecule has 0 spiro atoms. The molecule has 1 amide bonds. The van der Waals surface area contributed by atoms with E-state index in [1.165, 1.54) is 11.3 Å². The normalized spacial score (nSPS) is 10.4. The molecule has 1 aromatic rings. The van der Waals surface area contributed by atoms with Gasteiger partial charge in [0, 0.05) is 4.88 Å². The van der Waals surface area contributed by atoms with Gasteiger partial charge in [0.2, 0.25) is 5.91 Å². The molecule has 6 heteroatoms. The fraction of sp³-hybridized carbons (Fsp3) is 0.538. The van der Waals surface area contributed by atoms with Gasteiger partial charge in [0.05, 0.1) is 11.3 Å². The Labute approximate surface area is 121 Å². The van der Waals surface area contributed by atoms with E-state index in [9.17, 15) is 9.59 Å². The van der Waals surface area contributed by atoms with Crippen molar-refractivity contribution in [1.82, 2.24) is 0 Å². The highest BCUT2D eigenvalue weighted by molar-refractivity contribution is 7.99. The average molecular weight is 301 g/mol. The summed E-state index contributed by atoms with van der Waals surface area (Å²) in [5.74, 6) is 0.205. The first kappa shape index (κ1) is 16.0. The Morgan fingerprint density at radius 3 is 2.74 bits per heavy atom. The molecule has 0 aliphatic carbocycles. The van der Waals surface area contributed by atoms with Crippen molar-refractivity contribution in [2.45, 2.75) is 33.1 Å². The molecular weight excluding hydrogens is 282 g/mol. The lowest BCUT2D eigenvalue weighted by Gasteiger charge is -2.03. The van der Waals surface area contributed by atoms with E-state index in [2.05, 4.69) is 12.2 Å². The topological polar surface area (TPSA) is 66.4 Å². The summed E-state index contributed by atoms with van der Waals surface area (Å²) in [5, 5.41) is 12.2. The van der Waals surface area contributed by atoms with Crippen LogP contribution in [0, 0.1) is 0 Å². The van der Waals surface area contributed by atoms with Gasteiger partial charge in [-0.15, -0.1) is 11.3 Å². The van der Waals surface area contributed by atoms with Gasteiger partial charge in [-0.2, -0.15) is 11.8 Å². The standard InChI is InChI=1S/C13H19NO3S2/c1-3-5-6-18-8-11(15)14-12-10(13(16)17)7-9(4-2)19-12/h7H,3-6,8H2,1-2H3,(H,14,15)(H,16,17). The van der Waals surface area contributed by atoms with E-state index in [4.69, 9.17) is 5.11 Å². The van der Waals surface area contributed by atoms with Crippen molar-refractivity contribution in [2.24, 2.45) is 0 Å². The Hall–Kier alpha value is -1.01. The Kier molecular flexibility index (Phi) is 6.94. The molecule has 0 unspecified atom stereocenters. The minimum atomic E-state index is -0.995. The molecule has 4 nitrogen and oxygen atoms in total. The van der Waals surface area contributed by atoms with Crippen molar-refractivity contribution < 1.29 is 14.7 Å². The van der Waals surface area contributed by atoms with Crippen molar-refractivity contribution in [2.75, 3.05) is 16.8 Å². The van der Waals surface area contributed by atoms with Gasteiger partial charge < -0.3 is 10.4 Å². The SMILES string of the molecule is CCCCSCC(=O)Nc1sc(CC)cc1C(=O)O. The molecule has 0 saturated heterocycles. The van der Waals surface area contributed by atoms with Crippen LogP contribution in [0.25, 0.3) is 0 Å². The summed E-state index contributed by atoms with van der Waals surface area (Å²) in [6.45, 7) is 4.07. The second-order valence-corrected chi connectivity index (χ2v) is 6.31. The van der Waals surface area contributed by atoms with Crippen LogP contribution in [0.5, 0.6) is 0 Å². The minimum Gasteiger partial charge on any atom is -0.478 e. The van der Waals surface area contributed by atoms with Crippen molar-refractivity contribution in [3.05, 3.63) is 16.5 Å². The summed E-state index contributed by atoms with van der Waals surface area (Å²) in [6, 6.07) is 1.63. The molecule has 0 bridgehead atoms. The van der Waals surface area contributed by atoms with Crippen molar-refractivity contribution >= 4 is 40.0 Å². The van der Waals surface area contributed by atoms with Crippen LogP contribution in [0.15, 0.2) is 6.07 Å². The van der Waals surface area contributed by atoms with Crippen LogP contribution in [0.2, 0.25) is 0 Å². The molecule has 0 aliphatic rings. The maximum absolute atomic E-state index is 11.7. The number of unbranched alkanes of at least 4 members (excludes halogenated alkanes) is 1. The number of carboxylic acids is 1. The largest absolute Gasteiger partial charge is 0.478 e. The number of thiophene rings is 1. The molecule has 0 fully saturated rings. The van der Waals surface area contributed by atoms with Gasteiger partial charge >= 0.3 is 5.97 Å². The molecule has 106 valence electrons. The van der Waals surface area contributed by atoms with Crippen LogP contribution in [0.4, 0.5) is 5.00 Å². The third kappa shape index (κ3) is 5.24. The molecule has 0 radical (unpaired) electrons. The zero-order valence-corrected chi connectivity index (χ0v) is 12.8. The smallest absolute Gasteiger partial charge is 0.338 e. The van der Waals surface area contributed by atoms with E-state index in [-0.39, 0.29) is 11.5 Å². The van der Waals surface area contributed by atoms with Gasteiger partial charge in [-0.25, -0.2) is 4.79 Å². The average Bonchev–Trinajstić information content (AvgIpc) is 2.78. The van der Waals surface area contributed by atoms with Crippen molar-refractivity contribution in [3.63, 3.8) is 0 Å². The van der Waals surface area contributed by atoms with Crippen molar-refractivity contribution in [3.8, 4) is 0 Å². The van der Waals surface area contributed by atoms with E-state index < -0.39 is 5.97 Å². The number of nitrogens with one attached hydrogen (secondary N) is 1. The Balaban J connectivity index is 2.58. The van der Waals surface area contributed by atoms with Gasteiger partial charge in [0.25, 0.3) is 0 Å². The highest BCUT2D eigenvalue weighted by Crippen LogP contribution is 2.28. The number of carbonyl (C=O) groups is 2. The molecule has 1 aromatic heterocycles. The van der Waals surface area contributed by atoms with E-state index in [0.717, 1.165) is 29.9 Å². The number of thioether (sulfide) groups is 1. The molecule has 1 heterocycles. The lowest BCUT2D eigenvalue weighted by molar-refractivity contribution is -0.113. The molecule has 2 N–H and O–H groups in total. The molecule has 0 aliphatic heterocycles. The predicted octanol–water partition coefficient (Wildman–Crippen LogP) is 3.48. The van der Waals surface area contributed by atoms with Crippen LogP contribution in [0.1, 0.15) is 41.9 Å². The molecule has 0 atom stereocenters. The number of rotatable bonds is 8. The zero-order chi connectivity index (χ0) is 14.3. The number of hydrogen-bond donors (Lipinski definition) is 2. The number of carboxylic acid groups (broad SMARTS) is 1. The molecule has 0 aromatic carbocycles. The van der Waals surface area contributed by atoms with Gasteiger partial charge in [0.1, 0.15) is 5.00 Å². The Bertz CT molecular complexity index is 443. The Morgan fingerprint density at radius 2 is 2.16 bits per heavy atom. The van der Waals surface area contributed by atoms with E-state index in [1.807, 2.05) is 6.92 Å². The maximum Gasteiger partial charge on any atom is 0.338 e. The number of hydrogen-bond acceptors (Lipinski definition) is 4. The summed E-state index contributed by atoms with van der Waals surface area (Å²) in [5.41, 5.74) is 0.189. The van der Waals surface area contributed by atoms with Gasteiger partial charge in [-0.1, -0.05) is 20.3 Å². The molecule has 19 heavy (non-hydrogen) atoms. The third-order valence-corrected chi connectivity index (χ3v) is 4.73. The first-order valence-corrected chi connectivity index (χ1v) is 8.29. The number of anilines is 1. The number of aromatic carboxylic acids is 1. The maximum atomic E-state index is 11.7. The highest BCUT2D eigenvalue weighted by atomic mass is 32.2. The predicted molar refractivity (Wildman–Crippen MR) is 81.5 cm³/mol. The fourth-order valence-electron chi connectivity index (χ4n) is 1.44. The van der Waals surface area contributed by atoms with Crippen LogP contribution in [-0.2, 0) is 11.2 Å². The summed E-state index contributed by atoms with van der Waals surface area (Å²) in [4.78, 5) is 23.8. The second kappa shape index (κ2) is 8.22. The highest BCUT2D eigenvalue weighted by Gasteiger charge is 2.16. The number of carbonyl (C=O) groups excluding carboxylic acids is 1. The van der Waals surface area contributed by atoms with Crippen LogP contribution in [0.3, 0.4) is 0 Å². The second-order valence-electron chi connectivity index (χ2n) is 4.07. The first-order chi connectivity index (χ1) is 9.08. The van der Waals surface area contributed by atoms with Crippen molar-refractivity contribution in [1.29, 1.82) is 0 Å². The quantitative estimate of drug-likeness (QED) is 0.721. The van der Waals surface area contributed by atoms with E-state index in [1.54, 1.807) is 17.8 Å². The van der Waals surface area contributed by atoms with Crippen LogP contribution in [-0.4, -0.2) is 28.5 Å². The first-order valence-electron chi connectivity index (χ1n) is 6.32. The molecule has 1 rings (SSSR count). The summed E-state index contributed by atoms with van der Waals surface area (Å²) in [7, 11) is 0. The third-order valence-electron chi connectivity index (χ3n) is 2.49. The number of aryl methyl sites for hydroxylation is 1.